The van der Waals surface area contributed by atoms with Gasteiger partial charge in [0.1, 0.15) is 5.75 Å². The van der Waals surface area contributed by atoms with E-state index in [2.05, 4.69) is 28.5 Å². The maximum atomic E-state index is 12.3. The SMILES string of the molecule is COc1ccc(NC(=O)NC(=O)CN2c3ccccc3CC[C@H]2C)cc1. The van der Waals surface area contributed by atoms with Crippen LogP contribution in [-0.2, 0) is 11.2 Å². The van der Waals surface area contributed by atoms with Crippen molar-refractivity contribution in [3.8, 4) is 5.75 Å². The van der Waals surface area contributed by atoms with E-state index in [4.69, 9.17) is 4.74 Å². The van der Waals surface area contributed by atoms with Gasteiger partial charge >= 0.3 is 6.03 Å². The minimum atomic E-state index is -0.543. The molecule has 3 rings (SSSR count). The zero-order valence-corrected chi connectivity index (χ0v) is 15.0. The number of aryl methyl sites for hydroxylation is 1. The first-order valence-electron chi connectivity index (χ1n) is 8.66. The largest absolute Gasteiger partial charge is 0.497 e. The van der Waals surface area contributed by atoms with Gasteiger partial charge in [-0.05, 0) is 55.7 Å². The molecule has 1 heterocycles. The number of carbonyl (C=O) groups is 2. The van der Waals surface area contributed by atoms with Gasteiger partial charge in [0, 0.05) is 17.4 Å². The van der Waals surface area contributed by atoms with E-state index in [1.165, 1.54) is 5.56 Å². The summed E-state index contributed by atoms with van der Waals surface area (Å²) in [5.41, 5.74) is 2.89. The molecule has 2 aromatic rings. The summed E-state index contributed by atoms with van der Waals surface area (Å²) in [7, 11) is 1.58. The number of hydrogen-bond acceptors (Lipinski definition) is 4. The zero-order valence-electron chi connectivity index (χ0n) is 15.0. The number of fused-ring (bicyclic) bond motifs is 1. The fourth-order valence-corrected chi connectivity index (χ4v) is 3.16. The third kappa shape index (κ3) is 4.14. The van der Waals surface area contributed by atoms with E-state index in [1.807, 2.05) is 18.2 Å². The van der Waals surface area contributed by atoms with E-state index < -0.39 is 6.03 Å². The summed E-state index contributed by atoms with van der Waals surface area (Å²) in [5.74, 6) is 0.365. The van der Waals surface area contributed by atoms with Gasteiger partial charge in [-0.1, -0.05) is 18.2 Å². The number of rotatable bonds is 4. The van der Waals surface area contributed by atoms with Crippen molar-refractivity contribution < 1.29 is 14.3 Å². The third-order valence-corrected chi connectivity index (χ3v) is 4.58. The van der Waals surface area contributed by atoms with Crippen molar-refractivity contribution >= 4 is 23.3 Å². The van der Waals surface area contributed by atoms with Crippen LogP contribution in [0.5, 0.6) is 5.75 Å². The molecule has 6 nitrogen and oxygen atoms in total. The molecule has 0 unspecified atom stereocenters. The lowest BCUT2D eigenvalue weighted by atomic mass is 9.97. The summed E-state index contributed by atoms with van der Waals surface area (Å²) < 4.78 is 5.07. The Labute approximate surface area is 153 Å². The summed E-state index contributed by atoms with van der Waals surface area (Å²) >= 11 is 0. The van der Waals surface area contributed by atoms with Gasteiger partial charge in [0.05, 0.1) is 13.7 Å². The van der Waals surface area contributed by atoms with Crippen LogP contribution in [0.15, 0.2) is 48.5 Å². The number of imide groups is 1. The number of anilines is 2. The third-order valence-electron chi connectivity index (χ3n) is 4.58. The predicted molar refractivity (Wildman–Crippen MR) is 102 cm³/mol. The molecule has 1 aliphatic heterocycles. The van der Waals surface area contributed by atoms with Gasteiger partial charge in [0.25, 0.3) is 0 Å². The van der Waals surface area contributed by atoms with Crippen molar-refractivity contribution in [2.45, 2.75) is 25.8 Å². The summed E-state index contributed by atoms with van der Waals surface area (Å²) in [4.78, 5) is 26.4. The van der Waals surface area contributed by atoms with Crippen molar-refractivity contribution in [1.29, 1.82) is 0 Å². The average Bonchev–Trinajstić information content (AvgIpc) is 2.64. The number of benzene rings is 2. The van der Waals surface area contributed by atoms with E-state index in [-0.39, 0.29) is 18.5 Å². The predicted octanol–water partition coefficient (Wildman–Crippen LogP) is 3.18. The maximum absolute atomic E-state index is 12.3. The molecule has 1 atom stereocenters. The van der Waals surface area contributed by atoms with Crippen molar-refractivity contribution in [3.63, 3.8) is 0 Å². The van der Waals surface area contributed by atoms with E-state index in [0.29, 0.717) is 11.4 Å². The second kappa shape index (κ2) is 7.91. The number of hydrogen-bond donors (Lipinski definition) is 2. The Kier molecular flexibility index (Phi) is 5.41. The van der Waals surface area contributed by atoms with E-state index in [1.54, 1.807) is 31.4 Å². The molecule has 0 radical (unpaired) electrons. The monoisotopic (exact) mass is 353 g/mol. The van der Waals surface area contributed by atoms with Gasteiger partial charge in [-0.25, -0.2) is 4.79 Å². The van der Waals surface area contributed by atoms with Gasteiger partial charge in [0.15, 0.2) is 0 Å². The number of nitrogens with one attached hydrogen (secondary N) is 2. The number of amides is 3. The molecule has 1 aliphatic rings. The average molecular weight is 353 g/mol. The Hall–Kier alpha value is -3.02. The van der Waals surface area contributed by atoms with Crippen molar-refractivity contribution in [2.75, 3.05) is 23.9 Å². The fraction of sp³-hybridized carbons (Fsp3) is 0.300. The van der Waals surface area contributed by atoms with Crippen LogP contribution in [0, 0.1) is 0 Å². The van der Waals surface area contributed by atoms with Crippen LogP contribution in [0.1, 0.15) is 18.9 Å². The van der Waals surface area contributed by atoms with Crippen molar-refractivity contribution in [2.24, 2.45) is 0 Å². The van der Waals surface area contributed by atoms with Crippen LogP contribution >= 0.6 is 0 Å². The number of methoxy groups -OCH3 is 1. The quantitative estimate of drug-likeness (QED) is 0.886. The summed E-state index contributed by atoms with van der Waals surface area (Å²) in [6.07, 6.45) is 2.00. The minimum absolute atomic E-state index is 0.147. The number of urea groups is 1. The Morgan fingerprint density at radius 2 is 1.88 bits per heavy atom. The molecule has 2 N–H and O–H groups in total. The highest BCUT2D eigenvalue weighted by atomic mass is 16.5. The Morgan fingerprint density at radius 1 is 1.15 bits per heavy atom. The minimum Gasteiger partial charge on any atom is -0.497 e. The highest BCUT2D eigenvalue weighted by Crippen LogP contribution is 2.29. The summed E-state index contributed by atoms with van der Waals surface area (Å²) in [6, 6.07) is 14.7. The first-order chi connectivity index (χ1) is 12.6. The maximum Gasteiger partial charge on any atom is 0.325 e. The molecule has 0 saturated heterocycles. The normalized spacial score (nSPS) is 15.8. The second-order valence-electron chi connectivity index (χ2n) is 6.38. The molecule has 0 aromatic heterocycles. The topological polar surface area (TPSA) is 70.7 Å². The molecule has 136 valence electrons. The van der Waals surface area contributed by atoms with E-state index >= 15 is 0 Å². The molecule has 26 heavy (non-hydrogen) atoms. The molecule has 0 aliphatic carbocycles. The van der Waals surface area contributed by atoms with Gasteiger partial charge in [-0.2, -0.15) is 0 Å². The molecule has 0 spiro atoms. The van der Waals surface area contributed by atoms with Gasteiger partial charge < -0.3 is 15.0 Å². The fourth-order valence-electron chi connectivity index (χ4n) is 3.16. The molecule has 3 amide bonds. The lowest BCUT2D eigenvalue weighted by Crippen LogP contribution is -2.46. The van der Waals surface area contributed by atoms with Crippen LogP contribution in [0.3, 0.4) is 0 Å². The Morgan fingerprint density at radius 3 is 2.62 bits per heavy atom. The number of carbonyl (C=O) groups excluding carboxylic acids is 2. The molecule has 6 heteroatoms. The number of nitrogens with zero attached hydrogens (tertiary/aromatic N) is 1. The number of para-hydroxylation sites is 1. The standard InChI is InChI=1S/C20H23N3O3/c1-14-7-8-15-5-3-4-6-18(15)23(14)13-19(24)22-20(25)21-16-9-11-17(26-2)12-10-16/h3-6,9-12,14H,7-8,13H2,1-2H3,(H2,21,22,24,25)/t14-/m1/s1. The zero-order chi connectivity index (χ0) is 18.5. The molecular formula is C20H23N3O3. The highest BCUT2D eigenvalue weighted by molar-refractivity contribution is 6.02. The van der Waals surface area contributed by atoms with Crippen LogP contribution in [0.4, 0.5) is 16.2 Å². The highest BCUT2D eigenvalue weighted by Gasteiger charge is 2.25. The van der Waals surface area contributed by atoms with Crippen molar-refractivity contribution in [1.82, 2.24) is 5.32 Å². The molecule has 2 aromatic carbocycles. The van der Waals surface area contributed by atoms with Crippen LogP contribution < -0.4 is 20.3 Å². The van der Waals surface area contributed by atoms with Gasteiger partial charge in [-0.15, -0.1) is 0 Å². The van der Waals surface area contributed by atoms with Gasteiger partial charge in [-0.3, -0.25) is 10.1 Å². The Bertz CT molecular complexity index is 789. The van der Waals surface area contributed by atoms with Gasteiger partial charge in [0.2, 0.25) is 5.91 Å². The summed E-state index contributed by atoms with van der Waals surface area (Å²) in [6.45, 7) is 2.24. The second-order valence-corrected chi connectivity index (χ2v) is 6.38. The van der Waals surface area contributed by atoms with Crippen LogP contribution in [-0.4, -0.2) is 31.6 Å². The molecule has 0 bridgehead atoms. The van der Waals surface area contributed by atoms with E-state index in [9.17, 15) is 9.59 Å². The lowest BCUT2D eigenvalue weighted by molar-refractivity contribution is -0.118. The first-order valence-corrected chi connectivity index (χ1v) is 8.66. The van der Waals surface area contributed by atoms with Crippen molar-refractivity contribution in [3.05, 3.63) is 54.1 Å². The summed E-state index contributed by atoms with van der Waals surface area (Å²) in [5, 5.41) is 5.04. The van der Waals surface area contributed by atoms with Crippen LogP contribution in [0.2, 0.25) is 0 Å². The Balaban J connectivity index is 1.59. The van der Waals surface area contributed by atoms with Crippen LogP contribution in [0.25, 0.3) is 0 Å². The molecule has 0 saturated carbocycles. The molecule has 0 fully saturated rings. The molecular weight excluding hydrogens is 330 g/mol. The van der Waals surface area contributed by atoms with E-state index in [0.717, 1.165) is 18.5 Å². The lowest BCUT2D eigenvalue weighted by Gasteiger charge is -2.36. The smallest absolute Gasteiger partial charge is 0.325 e. The number of ether oxygens (including phenoxy) is 1. The first kappa shape index (κ1) is 17.8.